The normalized spacial score (nSPS) is 20.8. The first kappa shape index (κ1) is 35.3. The molecule has 270 valence electrons. The monoisotopic (exact) mass is 727 g/mol. The Hall–Kier alpha value is -5.09. The molecule has 10 nitrogen and oxygen atoms in total. The molecule has 2 N–H and O–H groups in total. The first-order valence-electron chi connectivity index (χ1n) is 17.3. The molecule has 0 saturated heterocycles. The van der Waals surface area contributed by atoms with E-state index >= 15 is 8.78 Å². The molecular weight excluding hydrogens is 689 g/mol. The molecule has 1 fully saturated rings. The number of hydrogen-bond acceptors (Lipinski definition) is 7. The summed E-state index contributed by atoms with van der Waals surface area (Å²) in [5.74, 6) is -2.43. The third-order valence-corrected chi connectivity index (χ3v) is 12.6. The number of nitriles is 1. The Bertz CT molecular complexity index is 2370. The fourth-order valence-corrected chi connectivity index (χ4v) is 9.57. The van der Waals surface area contributed by atoms with Crippen molar-refractivity contribution in [1.29, 1.82) is 5.26 Å². The summed E-state index contributed by atoms with van der Waals surface area (Å²) in [4.78, 5) is 19.8. The third-order valence-electron chi connectivity index (χ3n) is 10.5. The standard InChI is InChI=1S/C39H39F2N5O5S/c1-37(2)12-5-13-39(22-42,25-7-4-6-24(18-25)21-38(14-15-38)36(47)48)35-44-34(46(3)45-35)29-19-26(8-9-30(29)40)51-33-28(11-17-52(49,50)23-37)27-10-16-43-32(27)20-31(33)41/h4,6-10,16,18-20,43H,5,11-15,17,21,23H2,1-3H3,(H,47,48). The summed E-state index contributed by atoms with van der Waals surface area (Å²) in [6.45, 7) is 3.73. The highest BCUT2D eigenvalue weighted by molar-refractivity contribution is 7.91. The number of benzene rings is 3. The average molecular weight is 728 g/mol. The van der Waals surface area contributed by atoms with Crippen LogP contribution >= 0.6 is 0 Å². The molecule has 1 atom stereocenters. The molecule has 1 unspecified atom stereocenters. The maximum atomic E-state index is 15.7. The van der Waals surface area contributed by atoms with Gasteiger partial charge in [-0.1, -0.05) is 44.5 Å². The SMILES string of the molecule is Cn1nc2nc1-c1cc(ccc1F)Oc1c(F)cc3[nH]ccc3c1CCS(=O)(=O)CC(C)(C)CCCC2(C#N)c1cccc(CC2(C(=O)O)CC2)c1. The molecule has 13 heteroatoms. The molecule has 2 aromatic heterocycles. The molecule has 1 saturated carbocycles. The second-order valence-electron chi connectivity index (χ2n) is 15.1. The van der Waals surface area contributed by atoms with Crippen LogP contribution in [0.1, 0.15) is 68.5 Å². The van der Waals surface area contributed by atoms with Gasteiger partial charge in [0.2, 0.25) is 0 Å². The molecular formula is C39H39F2N5O5S. The fourth-order valence-electron chi connectivity index (χ4n) is 7.58. The number of nitrogens with one attached hydrogen (secondary N) is 1. The molecule has 1 aliphatic heterocycles. The molecule has 0 spiro atoms. The van der Waals surface area contributed by atoms with Crippen molar-refractivity contribution in [2.45, 2.75) is 64.2 Å². The van der Waals surface area contributed by atoms with Gasteiger partial charge in [0.1, 0.15) is 17.0 Å². The van der Waals surface area contributed by atoms with Crippen molar-refractivity contribution in [3.05, 3.63) is 94.9 Å². The number of carbonyl (C=O) groups is 1. The van der Waals surface area contributed by atoms with Crippen LogP contribution in [0.15, 0.2) is 60.8 Å². The maximum Gasteiger partial charge on any atom is 0.309 e. The zero-order valence-corrected chi connectivity index (χ0v) is 30.0. The minimum Gasteiger partial charge on any atom is -0.481 e. The van der Waals surface area contributed by atoms with Crippen molar-refractivity contribution >= 4 is 26.7 Å². The van der Waals surface area contributed by atoms with E-state index in [4.69, 9.17) is 9.72 Å². The van der Waals surface area contributed by atoms with Gasteiger partial charge >= 0.3 is 5.97 Å². The predicted octanol–water partition coefficient (Wildman–Crippen LogP) is 7.42. The van der Waals surface area contributed by atoms with Crippen LogP contribution in [0.25, 0.3) is 22.3 Å². The van der Waals surface area contributed by atoms with Crippen LogP contribution in [-0.4, -0.2) is 50.7 Å². The lowest BCUT2D eigenvalue weighted by molar-refractivity contribution is -0.143. The minimum atomic E-state index is -3.67. The smallest absolute Gasteiger partial charge is 0.309 e. The summed E-state index contributed by atoms with van der Waals surface area (Å²) in [7, 11) is -2.07. The van der Waals surface area contributed by atoms with Gasteiger partial charge in [0.05, 0.1) is 28.6 Å². The second-order valence-corrected chi connectivity index (χ2v) is 17.3. The van der Waals surface area contributed by atoms with Crippen molar-refractivity contribution < 1.29 is 31.8 Å². The zero-order valence-electron chi connectivity index (χ0n) is 29.2. The lowest BCUT2D eigenvalue weighted by Crippen LogP contribution is -2.30. The van der Waals surface area contributed by atoms with Crippen molar-refractivity contribution in [3.8, 4) is 29.0 Å². The van der Waals surface area contributed by atoms with Gasteiger partial charge in [0.15, 0.2) is 33.1 Å². The third kappa shape index (κ3) is 6.56. The average Bonchev–Trinajstić information content (AvgIpc) is 3.54. The van der Waals surface area contributed by atoms with E-state index in [0.29, 0.717) is 54.1 Å². The van der Waals surface area contributed by atoms with E-state index in [1.54, 1.807) is 31.4 Å². The quantitative estimate of drug-likeness (QED) is 0.194. The number of halogens is 2. The Balaban J connectivity index is 1.38. The van der Waals surface area contributed by atoms with Crippen LogP contribution in [0.5, 0.6) is 11.5 Å². The first-order chi connectivity index (χ1) is 24.6. The fraction of sp³-hybridized carbons (Fsp3) is 0.385. The van der Waals surface area contributed by atoms with Crippen molar-refractivity contribution in [2.24, 2.45) is 17.9 Å². The summed E-state index contributed by atoms with van der Waals surface area (Å²) in [5, 5.41) is 26.2. The van der Waals surface area contributed by atoms with E-state index < -0.39 is 43.7 Å². The Morgan fingerprint density at radius 2 is 1.87 bits per heavy atom. The lowest BCUT2D eigenvalue weighted by atomic mass is 9.74. The molecule has 2 aliphatic rings. The molecule has 5 aromatic rings. The molecule has 3 heterocycles. The maximum absolute atomic E-state index is 15.7. The molecule has 4 bridgehead atoms. The van der Waals surface area contributed by atoms with Crippen LogP contribution in [0.2, 0.25) is 0 Å². The van der Waals surface area contributed by atoms with E-state index in [0.717, 1.165) is 5.56 Å². The Morgan fingerprint density at radius 1 is 1.08 bits per heavy atom. The summed E-state index contributed by atoms with van der Waals surface area (Å²) in [5.41, 5.74) is -0.771. The van der Waals surface area contributed by atoms with Crippen molar-refractivity contribution in [3.63, 3.8) is 0 Å². The van der Waals surface area contributed by atoms with Gasteiger partial charge in [-0.25, -0.2) is 26.9 Å². The number of carboxylic acids is 1. The van der Waals surface area contributed by atoms with Crippen LogP contribution in [0.4, 0.5) is 8.78 Å². The van der Waals surface area contributed by atoms with Gasteiger partial charge < -0.3 is 14.8 Å². The summed E-state index contributed by atoms with van der Waals surface area (Å²) in [6, 6.07) is 16.6. The molecule has 7 rings (SSSR count). The summed E-state index contributed by atoms with van der Waals surface area (Å²) < 4.78 is 66.2. The molecule has 0 radical (unpaired) electrons. The number of hydrogen-bond donors (Lipinski definition) is 2. The number of nitrogens with zero attached hydrogens (tertiary/aromatic N) is 4. The van der Waals surface area contributed by atoms with Crippen LogP contribution in [-0.2, 0) is 39.9 Å². The number of aliphatic carboxylic acids is 1. The van der Waals surface area contributed by atoms with E-state index in [2.05, 4.69) is 16.2 Å². The highest BCUT2D eigenvalue weighted by Gasteiger charge is 2.50. The van der Waals surface area contributed by atoms with Gasteiger partial charge in [0.25, 0.3) is 0 Å². The predicted molar refractivity (Wildman–Crippen MR) is 191 cm³/mol. The number of aromatic nitrogens is 4. The topological polar surface area (TPSA) is 151 Å². The highest BCUT2D eigenvalue weighted by atomic mass is 32.2. The van der Waals surface area contributed by atoms with Crippen molar-refractivity contribution in [1.82, 2.24) is 19.7 Å². The number of aryl methyl sites for hydroxylation is 2. The number of carboxylic acid groups (broad SMARTS) is 1. The van der Waals surface area contributed by atoms with E-state index in [9.17, 15) is 23.6 Å². The van der Waals surface area contributed by atoms with Crippen LogP contribution < -0.4 is 4.74 Å². The minimum absolute atomic E-state index is 0.00554. The Morgan fingerprint density at radius 3 is 2.60 bits per heavy atom. The number of rotatable bonds is 4. The Labute approximate surface area is 300 Å². The molecule has 0 amide bonds. The second kappa shape index (κ2) is 12.8. The number of H-pyrrole nitrogens is 1. The first-order valence-corrected chi connectivity index (χ1v) is 19.1. The highest BCUT2D eigenvalue weighted by Crippen LogP contribution is 2.49. The van der Waals surface area contributed by atoms with Gasteiger partial charge in [-0.15, -0.1) is 0 Å². The molecule has 3 aromatic carbocycles. The van der Waals surface area contributed by atoms with Gasteiger partial charge in [-0.2, -0.15) is 10.4 Å². The summed E-state index contributed by atoms with van der Waals surface area (Å²) in [6.07, 6.45) is 4.15. The molecule has 52 heavy (non-hydrogen) atoms. The van der Waals surface area contributed by atoms with Gasteiger partial charge in [-0.3, -0.25) is 4.79 Å². The number of ether oxygens (including phenoxy) is 1. The lowest BCUT2D eigenvalue weighted by Gasteiger charge is -2.29. The van der Waals surface area contributed by atoms with Gasteiger partial charge in [0, 0.05) is 35.8 Å². The van der Waals surface area contributed by atoms with E-state index in [1.165, 1.54) is 28.9 Å². The van der Waals surface area contributed by atoms with Crippen molar-refractivity contribution in [2.75, 3.05) is 11.5 Å². The summed E-state index contributed by atoms with van der Waals surface area (Å²) >= 11 is 0. The molecule has 1 aliphatic carbocycles. The number of aromatic amines is 1. The largest absolute Gasteiger partial charge is 0.481 e. The van der Waals surface area contributed by atoms with E-state index in [-0.39, 0.29) is 53.1 Å². The van der Waals surface area contributed by atoms with Gasteiger partial charge in [-0.05, 0) is 79.3 Å². The van der Waals surface area contributed by atoms with E-state index in [1.807, 2.05) is 26.0 Å². The zero-order chi connectivity index (χ0) is 37.1. The Kier molecular flexibility index (Phi) is 8.72. The van der Waals surface area contributed by atoms with Crippen LogP contribution in [0, 0.1) is 33.8 Å². The van der Waals surface area contributed by atoms with Crippen LogP contribution in [0.3, 0.4) is 0 Å². The number of fused-ring (bicyclic) bond motifs is 8. The number of sulfone groups is 1.